The molecule has 0 saturated heterocycles. The van der Waals surface area contributed by atoms with Crippen molar-refractivity contribution < 1.29 is 5.11 Å². The Bertz CT molecular complexity index is 594. The number of hydrogen-bond acceptors (Lipinski definition) is 5. The first-order chi connectivity index (χ1) is 9.29. The van der Waals surface area contributed by atoms with E-state index in [4.69, 9.17) is 5.11 Å². The minimum atomic E-state index is 0.210. The van der Waals surface area contributed by atoms with Crippen LogP contribution < -0.4 is 5.32 Å². The molecule has 0 aliphatic heterocycles. The van der Waals surface area contributed by atoms with Gasteiger partial charge in [-0.15, -0.1) is 11.3 Å². The smallest absolute Gasteiger partial charge is 0.138 e. The zero-order valence-electron chi connectivity index (χ0n) is 11.2. The zero-order chi connectivity index (χ0) is 13.2. The summed E-state index contributed by atoms with van der Waals surface area (Å²) >= 11 is 1.83. The molecule has 4 nitrogen and oxygen atoms in total. The quantitative estimate of drug-likeness (QED) is 0.844. The Kier molecular flexibility index (Phi) is 3.66. The summed E-state index contributed by atoms with van der Waals surface area (Å²) in [6.45, 7) is 2.91. The monoisotopic (exact) mass is 277 g/mol. The van der Waals surface area contributed by atoms with Crippen LogP contribution in [0.5, 0.6) is 0 Å². The predicted octanol–water partition coefficient (Wildman–Crippen LogP) is 2.67. The van der Waals surface area contributed by atoms with E-state index in [-0.39, 0.29) is 6.61 Å². The third-order valence-electron chi connectivity index (χ3n) is 3.55. The Morgan fingerprint density at radius 3 is 2.95 bits per heavy atom. The van der Waals surface area contributed by atoms with Crippen LogP contribution in [0.25, 0.3) is 10.2 Å². The molecule has 0 aromatic carbocycles. The number of anilines is 1. The first-order valence-corrected chi connectivity index (χ1v) is 7.75. The highest BCUT2D eigenvalue weighted by Crippen LogP contribution is 2.38. The van der Waals surface area contributed by atoms with Gasteiger partial charge in [-0.1, -0.05) is 0 Å². The Morgan fingerprint density at radius 2 is 2.11 bits per heavy atom. The molecule has 0 amide bonds. The van der Waals surface area contributed by atoms with Crippen molar-refractivity contribution in [1.82, 2.24) is 9.97 Å². The van der Waals surface area contributed by atoms with E-state index in [1.807, 2.05) is 18.3 Å². The van der Waals surface area contributed by atoms with Gasteiger partial charge < -0.3 is 10.4 Å². The van der Waals surface area contributed by atoms with Gasteiger partial charge in [0.05, 0.1) is 5.39 Å². The molecule has 2 aromatic rings. The maximum atomic E-state index is 8.89. The number of thiophene rings is 1. The van der Waals surface area contributed by atoms with Crippen molar-refractivity contribution in [2.45, 2.75) is 39.0 Å². The Morgan fingerprint density at radius 1 is 1.26 bits per heavy atom. The second-order valence-corrected chi connectivity index (χ2v) is 6.10. The van der Waals surface area contributed by atoms with Gasteiger partial charge in [0.15, 0.2) is 0 Å². The molecule has 5 heteroatoms. The van der Waals surface area contributed by atoms with Crippen molar-refractivity contribution >= 4 is 27.4 Å². The number of aryl methyl sites for hydroxylation is 3. The van der Waals surface area contributed by atoms with Crippen molar-refractivity contribution in [1.29, 1.82) is 0 Å². The summed E-state index contributed by atoms with van der Waals surface area (Å²) in [7, 11) is 0. The van der Waals surface area contributed by atoms with E-state index in [1.165, 1.54) is 35.1 Å². The summed E-state index contributed by atoms with van der Waals surface area (Å²) in [6, 6.07) is 0. The summed E-state index contributed by atoms with van der Waals surface area (Å²) < 4.78 is 0. The second kappa shape index (κ2) is 5.43. The fraction of sp³-hybridized carbons (Fsp3) is 0.571. The van der Waals surface area contributed by atoms with Crippen LogP contribution in [-0.2, 0) is 12.8 Å². The number of aliphatic hydroxyl groups excluding tert-OH is 1. The number of rotatable bonds is 4. The lowest BCUT2D eigenvalue weighted by Crippen LogP contribution is -2.08. The van der Waals surface area contributed by atoms with E-state index >= 15 is 0 Å². The molecule has 0 fully saturated rings. The summed E-state index contributed by atoms with van der Waals surface area (Å²) in [6.07, 6.45) is 5.64. The van der Waals surface area contributed by atoms with E-state index in [0.717, 1.165) is 35.9 Å². The summed E-state index contributed by atoms with van der Waals surface area (Å²) in [5, 5.41) is 13.5. The molecule has 0 atom stereocenters. The molecule has 0 radical (unpaired) electrons. The topological polar surface area (TPSA) is 58.0 Å². The number of hydrogen-bond donors (Lipinski definition) is 2. The lowest BCUT2D eigenvalue weighted by Gasteiger charge is -2.12. The van der Waals surface area contributed by atoms with Crippen LogP contribution in [-0.4, -0.2) is 28.2 Å². The highest BCUT2D eigenvalue weighted by atomic mass is 32.1. The molecular formula is C14H19N3OS. The molecule has 2 N–H and O–H groups in total. The summed E-state index contributed by atoms with van der Waals surface area (Å²) in [5.74, 6) is 1.77. The fourth-order valence-electron chi connectivity index (χ4n) is 2.68. The normalized spacial score (nSPS) is 14.6. The number of nitrogens with one attached hydrogen (secondary N) is 1. The van der Waals surface area contributed by atoms with Gasteiger partial charge in [-0.25, -0.2) is 9.97 Å². The van der Waals surface area contributed by atoms with Crippen LogP contribution in [0.1, 0.15) is 35.5 Å². The maximum Gasteiger partial charge on any atom is 0.138 e. The standard InChI is InChI=1S/C14H19N3OS/c1-9-16-13(15-7-4-8-18)12-10-5-2-3-6-11(10)19-14(12)17-9/h18H,2-8H2,1H3,(H,15,16,17). The van der Waals surface area contributed by atoms with Gasteiger partial charge >= 0.3 is 0 Å². The largest absolute Gasteiger partial charge is 0.396 e. The second-order valence-electron chi connectivity index (χ2n) is 5.01. The molecule has 1 aliphatic rings. The molecule has 0 saturated carbocycles. The van der Waals surface area contributed by atoms with Gasteiger partial charge in [-0.3, -0.25) is 0 Å². The third kappa shape index (κ3) is 2.44. The van der Waals surface area contributed by atoms with Crippen LogP contribution in [0.3, 0.4) is 0 Å². The Labute approximate surface area is 116 Å². The minimum absolute atomic E-state index is 0.210. The number of nitrogens with zero attached hydrogens (tertiary/aromatic N) is 2. The molecule has 102 valence electrons. The molecular weight excluding hydrogens is 258 g/mol. The first-order valence-electron chi connectivity index (χ1n) is 6.93. The maximum absolute atomic E-state index is 8.89. The van der Waals surface area contributed by atoms with Crippen molar-refractivity contribution in [2.24, 2.45) is 0 Å². The van der Waals surface area contributed by atoms with Crippen molar-refractivity contribution in [3.05, 3.63) is 16.3 Å². The van der Waals surface area contributed by atoms with Crippen LogP contribution in [0.4, 0.5) is 5.82 Å². The van der Waals surface area contributed by atoms with Crippen LogP contribution in [0, 0.1) is 6.92 Å². The summed E-state index contributed by atoms with van der Waals surface area (Å²) in [5.41, 5.74) is 1.46. The first kappa shape index (κ1) is 12.8. The van der Waals surface area contributed by atoms with Gasteiger partial charge in [0.2, 0.25) is 0 Å². The van der Waals surface area contributed by atoms with Crippen LogP contribution in [0.15, 0.2) is 0 Å². The van der Waals surface area contributed by atoms with Crippen molar-refractivity contribution in [2.75, 3.05) is 18.5 Å². The third-order valence-corrected chi connectivity index (χ3v) is 4.74. The molecule has 2 heterocycles. The highest BCUT2D eigenvalue weighted by Gasteiger charge is 2.20. The van der Waals surface area contributed by atoms with E-state index < -0.39 is 0 Å². The Balaban J connectivity index is 2.05. The molecule has 0 spiro atoms. The van der Waals surface area contributed by atoms with Gasteiger partial charge in [-0.2, -0.15) is 0 Å². The van der Waals surface area contributed by atoms with Crippen LogP contribution in [0.2, 0.25) is 0 Å². The average molecular weight is 277 g/mol. The molecule has 19 heavy (non-hydrogen) atoms. The Hall–Kier alpha value is -1.20. The summed E-state index contributed by atoms with van der Waals surface area (Å²) in [4.78, 5) is 11.8. The zero-order valence-corrected chi connectivity index (χ0v) is 12.0. The van der Waals surface area contributed by atoms with Crippen molar-refractivity contribution in [3.8, 4) is 0 Å². The molecule has 1 aliphatic carbocycles. The van der Waals surface area contributed by atoms with Crippen LogP contribution >= 0.6 is 11.3 Å². The molecule has 3 rings (SSSR count). The highest BCUT2D eigenvalue weighted by molar-refractivity contribution is 7.19. The molecule has 0 bridgehead atoms. The molecule has 0 unspecified atom stereocenters. The fourth-order valence-corrected chi connectivity index (χ4v) is 3.98. The van der Waals surface area contributed by atoms with Gasteiger partial charge in [0, 0.05) is 18.0 Å². The SMILES string of the molecule is Cc1nc(NCCCO)c2c3c(sc2n1)CCCC3. The number of fused-ring (bicyclic) bond motifs is 3. The van der Waals surface area contributed by atoms with Gasteiger partial charge in [0.25, 0.3) is 0 Å². The number of aromatic nitrogens is 2. The number of aliphatic hydroxyl groups is 1. The van der Waals surface area contributed by atoms with E-state index in [2.05, 4.69) is 15.3 Å². The van der Waals surface area contributed by atoms with E-state index in [0.29, 0.717) is 0 Å². The lowest BCUT2D eigenvalue weighted by molar-refractivity contribution is 0.292. The van der Waals surface area contributed by atoms with E-state index in [9.17, 15) is 0 Å². The van der Waals surface area contributed by atoms with E-state index in [1.54, 1.807) is 0 Å². The minimum Gasteiger partial charge on any atom is -0.396 e. The average Bonchev–Trinajstić information content (AvgIpc) is 2.76. The predicted molar refractivity (Wildman–Crippen MR) is 79.0 cm³/mol. The lowest BCUT2D eigenvalue weighted by atomic mass is 9.97. The van der Waals surface area contributed by atoms with Crippen molar-refractivity contribution in [3.63, 3.8) is 0 Å². The molecule has 2 aromatic heterocycles. The van der Waals surface area contributed by atoms with Gasteiger partial charge in [-0.05, 0) is 44.6 Å². The van der Waals surface area contributed by atoms with Gasteiger partial charge in [0.1, 0.15) is 16.5 Å².